The van der Waals surface area contributed by atoms with Crippen molar-refractivity contribution in [2.45, 2.75) is 84.2 Å². The number of unbranched alkanes of at least 4 members (excludes halogenated alkanes) is 9. The summed E-state index contributed by atoms with van der Waals surface area (Å²) in [4.78, 5) is 0. The SMILES string of the molecule is CCCCCCOCCCCCCCCCOCc1ccccc1.[NaH]. The van der Waals surface area contributed by atoms with Crippen LogP contribution in [0.25, 0.3) is 0 Å². The molecule has 0 N–H and O–H groups in total. The van der Waals surface area contributed by atoms with E-state index in [1.807, 2.05) is 6.07 Å². The molecular weight excluding hydrogens is 319 g/mol. The van der Waals surface area contributed by atoms with Gasteiger partial charge in [0.1, 0.15) is 0 Å². The van der Waals surface area contributed by atoms with E-state index in [1.54, 1.807) is 0 Å². The van der Waals surface area contributed by atoms with Crippen LogP contribution in [0.15, 0.2) is 30.3 Å². The van der Waals surface area contributed by atoms with Gasteiger partial charge in [0.15, 0.2) is 0 Å². The van der Waals surface area contributed by atoms with Crippen molar-refractivity contribution in [2.24, 2.45) is 0 Å². The van der Waals surface area contributed by atoms with Gasteiger partial charge in [-0.2, -0.15) is 0 Å². The van der Waals surface area contributed by atoms with Gasteiger partial charge in [-0.15, -0.1) is 0 Å². The molecule has 0 spiro atoms. The molecule has 1 aromatic carbocycles. The second-order valence-corrected chi connectivity index (χ2v) is 6.69. The quantitative estimate of drug-likeness (QED) is 0.256. The zero-order valence-corrected chi connectivity index (χ0v) is 15.8. The molecule has 1 aromatic rings. The van der Waals surface area contributed by atoms with E-state index < -0.39 is 0 Å². The fourth-order valence-electron chi connectivity index (χ4n) is 2.79. The Hall–Kier alpha value is 0.140. The van der Waals surface area contributed by atoms with Gasteiger partial charge in [0, 0.05) is 19.8 Å². The summed E-state index contributed by atoms with van der Waals surface area (Å²) < 4.78 is 11.4. The molecule has 0 atom stereocenters. The molecule has 1 rings (SSSR count). The van der Waals surface area contributed by atoms with Crippen LogP contribution in [0.4, 0.5) is 0 Å². The summed E-state index contributed by atoms with van der Waals surface area (Å²) in [5, 5.41) is 0. The number of benzene rings is 1. The summed E-state index contributed by atoms with van der Waals surface area (Å²) in [7, 11) is 0. The van der Waals surface area contributed by atoms with Gasteiger partial charge in [0.05, 0.1) is 6.61 Å². The fourth-order valence-corrected chi connectivity index (χ4v) is 2.79. The van der Waals surface area contributed by atoms with Crippen LogP contribution in [-0.4, -0.2) is 49.4 Å². The summed E-state index contributed by atoms with van der Waals surface area (Å²) in [6, 6.07) is 10.4. The van der Waals surface area contributed by atoms with Crippen LogP contribution in [0.3, 0.4) is 0 Å². The molecule has 0 amide bonds. The monoisotopic (exact) mass is 358 g/mol. The molecule has 3 heteroatoms. The molecule has 0 radical (unpaired) electrons. The molecule has 0 saturated heterocycles. The predicted octanol–water partition coefficient (Wildman–Crippen LogP) is 5.88. The Morgan fingerprint density at radius 2 is 1.08 bits per heavy atom. The van der Waals surface area contributed by atoms with Crippen molar-refractivity contribution in [3.63, 3.8) is 0 Å². The van der Waals surface area contributed by atoms with Crippen LogP contribution < -0.4 is 0 Å². The van der Waals surface area contributed by atoms with Crippen LogP contribution in [0.2, 0.25) is 0 Å². The number of ether oxygens (including phenoxy) is 2. The summed E-state index contributed by atoms with van der Waals surface area (Å²) in [6.45, 7) is 5.81. The first-order valence-electron chi connectivity index (χ1n) is 10.1. The molecule has 0 aromatic heterocycles. The predicted molar refractivity (Wildman–Crippen MR) is 111 cm³/mol. The van der Waals surface area contributed by atoms with Crippen molar-refractivity contribution in [3.05, 3.63) is 35.9 Å². The fraction of sp³-hybridized carbons (Fsp3) is 0.727. The van der Waals surface area contributed by atoms with E-state index in [0.29, 0.717) is 0 Å². The van der Waals surface area contributed by atoms with Crippen molar-refractivity contribution >= 4 is 29.6 Å². The number of rotatable bonds is 17. The van der Waals surface area contributed by atoms with E-state index in [2.05, 4.69) is 31.2 Å². The molecule has 0 aliphatic heterocycles. The molecule has 0 fully saturated rings. The Balaban J connectivity index is 0.00000576. The van der Waals surface area contributed by atoms with Crippen molar-refractivity contribution in [2.75, 3.05) is 19.8 Å². The van der Waals surface area contributed by atoms with Gasteiger partial charge < -0.3 is 9.47 Å². The summed E-state index contributed by atoms with van der Waals surface area (Å²) >= 11 is 0. The summed E-state index contributed by atoms with van der Waals surface area (Å²) in [5.74, 6) is 0. The number of hydrogen-bond acceptors (Lipinski definition) is 2. The minimum absolute atomic E-state index is 0. The third kappa shape index (κ3) is 17.3. The average Bonchev–Trinajstić information content (AvgIpc) is 2.62. The molecule has 0 heterocycles. The van der Waals surface area contributed by atoms with E-state index in [0.717, 1.165) is 26.4 Å². The molecule has 140 valence electrons. The zero-order chi connectivity index (χ0) is 17.1. The Bertz CT molecular complexity index is 356. The van der Waals surface area contributed by atoms with Gasteiger partial charge in [-0.25, -0.2) is 0 Å². The topological polar surface area (TPSA) is 18.5 Å². The van der Waals surface area contributed by atoms with Gasteiger partial charge in [0.25, 0.3) is 0 Å². The van der Waals surface area contributed by atoms with Crippen molar-refractivity contribution in [3.8, 4) is 0 Å². The van der Waals surface area contributed by atoms with Gasteiger partial charge in [-0.1, -0.05) is 88.6 Å². The Morgan fingerprint density at radius 3 is 1.64 bits per heavy atom. The van der Waals surface area contributed by atoms with Crippen molar-refractivity contribution in [1.82, 2.24) is 0 Å². The van der Waals surface area contributed by atoms with Crippen molar-refractivity contribution in [1.29, 1.82) is 0 Å². The number of hydrogen-bond donors (Lipinski definition) is 0. The maximum atomic E-state index is 5.71. The maximum absolute atomic E-state index is 5.71. The first-order valence-corrected chi connectivity index (χ1v) is 10.1. The van der Waals surface area contributed by atoms with Gasteiger partial charge in [-0.05, 0) is 24.8 Å². The van der Waals surface area contributed by atoms with E-state index in [1.165, 1.54) is 76.2 Å². The normalized spacial score (nSPS) is 10.6. The van der Waals surface area contributed by atoms with E-state index in [-0.39, 0.29) is 29.6 Å². The third-order valence-electron chi connectivity index (χ3n) is 4.33. The molecule has 2 nitrogen and oxygen atoms in total. The van der Waals surface area contributed by atoms with Gasteiger partial charge in [-0.3, -0.25) is 0 Å². The van der Waals surface area contributed by atoms with E-state index >= 15 is 0 Å². The summed E-state index contributed by atoms with van der Waals surface area (Å²) in [6.07, 6.45) is 14.3. The molecule has 0 bridgehead atoms. The second kappa shape index (κ2) is 20.5. The van der Waals surface area contributed by atoms with Crippen LogP contribution in [0, 0.1) is 0 Å². The molecule has 0 aliphatic rings. The Morgan fingerprint density at radius 1 is 0.600 bits per heavy atom. The molecule has 0 saturated carbocycles. The summed E-state index contributed by atoms with van der Waals surface area (Å²) in [5.41, 5.74) is 1.27. The standard InChI is InChI=1S/C22H38O2.Na.H/c1-2-3-4-13-18-23-19-14-8-6-5-7-9-15-20-24-21-22-16-11-10-12-17-22;;/h10-12,16-17H,2-9,13-15,18-21H2,1H3;;. The molecule has 25 heavy (non-hydrogen) atoms. The minimum atomic E-state index is 0. The van der Waals surface area contributed by atoms with Gasteiger partial charge >= 0.3 is 29.6 Å². The van der Waals surface area contributed by atoms with Crippen molar-refractivity contribution < 1.29 is 9.47 Å². The molecule has 0 aliphatic carbocycles. The van der Waals surface area contributed by atoms with Crippen LogP contribution >= 0.6 is 0 Å². The molecular formula is C22H39NaO2. The van der Waals surface area contributed by atoms with E-state index in [4.69, 9.17) is 9.47 Å². The van der Waals surface area contributed by atoms with Crippen LogP contribution in [0.1, 0.15) is 83.1 Å². The zero-order valence-electron chi connectivity index (χ0n) is 15.8. The Labute approximate surface area is 178 Å². The average molecular weight is 359 g/mol. The Kier molecular flexibility index (Phi) is 20.6. The van der Waals surface area contributed by atoms with Gasteiger partial charge in [0.2, 0.25) is 0 Å². The van der Waals surface area contributed by atoms with Crippen LogP contribution in [0.5, 0.6) is 0 Å². The third-order valence-corrected chi connectivity index (χ3v) is 4.33. The van der Waals surface area contributed by atoms with Crippen LogP contribution in [-0.2, 0) is 16.1 Å². The first-order chi connectivity index (χ1) is 11.9. The van der Waals surface area contributed by atoms with E-state index in [9.17, 15) is 0 Å². The first kappa shape index (κ1) is 25.1. The molecule has 0 unspecified atom stereocenters. The second-order valence-electron chi connectivity index (χ2n) is 6.69.